The first-order valence-corrected chi connectivity index (χ1v) is 4.38. The second kappa shape index (κ2) is 5.03. The van der Waals surface area contributed by atoms with E-state index < -0.39 is 17.5 Å². The van der Waals surface area contributed by atoms with Gasteiger partial charge >= 0.3 is 0 Å². The number of hydrogen-bond donors (Lipinski definition) is 1. The summed E-state index contributed by atoms with van der Waals surface area (Å²) in [6.07, 6.45) is 2.71. The van der Waals surface area contributed by atoms with Gasteiger partial charge in [0.2, 0.25) is 5.91 Å². The van der Waals surface area contributed by atoms with Gasteiger partial charge in [-0.2, -0.15) is 5.26 Å². The number of benzene rings is 1. The summed E-state index contributed by atoms with van der Waals surface area (Å²) in [4.78, 5) is 10.4. The van der Waals surface area contributed by atoms with Crippen molar-refractivity contribution in [2.24, 2.45) is 5.73 Å². The summed E-state index contributed by atoms with van der Waals surface area (Å²) >= 11 is 0. The molecular formula is C11H8F2N2O. The summed E-state index contributed by atoms with van der Waals surface area (Å²) in [7, 11) is 0. The van der Waals surface area contributed by atoms with E-state index >= 15 is 0 Å². The Morgan fingerprint density at radius 3 is 2.62 bits per heavy atom. The van der Waals surface area contributed by atoms with Crippen LogP contribution in [0.25, 0.3) is 6.08 Å². The monoisotopic (exact) mass is 222 g/mol. The van der Waals surface area contributed by atoms with Gasteiger partial charge in [0.15, 0.2) is 11.6 Å². The van der Waals surface area contributed by atoms with E-state index in [1.165, 1.54) is 12.2 Å². The highest BCUT2D eigenvalue weighted by Gasteiger charge is 2.07. The number of nitrogens with two attached hydrogens (primary N) is 1. The molecule has 0 saturated carbocycles. The van der Waals surface area contributed by atoms with E-state index in [0.717, 1.165) is 12.1 Å². The topological polar surface area (TPSA) is 66.9 Å². The number of rotatable bonds is 3. The zero-order chi connectivity index (χ0) is 12.1. The van der Waals surface area contributed by atoms with Gasteiger partial charge < -0.3 is 5.73 Å². The fourth-order valence-electron chi connectivity index (χ4n) is 1.10. The summed E-state index contributed by atoms with van der Waals surface area (Å²) < 4.78 is 25.6. The first-order valence-electron chi connectivity index (χ1n) is 4.38. The number of nitriles is 1. The lowest BCUT2D eigenvalue weighted by Crippen LogP contribution is -2.07. The van der Waals surface area contributed by atoms with Crippen molar-refractivity contribution in [1.82, 2.24) is 0 Å². The number of primary amides is 1. The van der Waals surface area contributed by atoms with Gasteiger partial charge in [-0.15, -0.1) is 0 Å². The molecule has 0 radical (unpaired) electrons. The van der Waals surface area contributed by atoms with Crippen LogP contribution >= 0.6 is 0 Å². The van der Waals surface area contributed by atoms with Crippen molar-refractivity contribution in [2.75, 3.05) is 0 Å². The minimum atomic E-state index is -1.08. The molecule has 16 heavy (non-hydrogen) atoms. The van der Waals surface area contributed by atoms with Gasteiger partial charge in [-0.1, -0.05) is 12.2 Å². The molecule has 0 saturated heterocycles. The Morgan fingerprint density at radius 2 is 2.06 bits per heavy atom. The number of nitrogens with zero attached hydrogens (tertiary/aromatic N) is 1. The van der Waals surface area contributed by atoms with E-state index in [0.29, 0.717) is 0 Å². The van der Waals surface area contributed by atoms with E-state index in [1.807, 2.05) is 0 Å². The molecule has 1 aromatic carbocycles. The fourth-order valence-corrected chi connectivity index (χ4v) is 1.10. The summed E-state index contributed by atoms with van der Waals surface area (Å²) in [6.45, 7) is 0. The molecule has 82 valence electrons. The van der Waals surface area contributed by atoms with Crippen molar-refractivity contribution in [3.63, 3.8) is 0 Å². The average Bonchev–Trinajstić information content (AvgIpc) is 2.22. The molecule has 1 amide bonds. The highest BCUT2D eigenvalue weighted by molar-refractivity contribution is 5.76. The first kappa shape index (κ1) is 11.9. The number of amides is 1. The Bertz CT molecular complexity index is 489. The Hall–Kier alpha value is -2.22. The molecule has 1 aromatic rings. The third-order valence-corrected chi connectivity index (χ3v) is 1.83. The number of carbonyl (C=O) groups is 1. The zero-order valence-electron chi connectivity index (χ0n) is 8.21. The lowest BCUT2D eigenvalue weighted by molar-refractivity contribution is -0.117. The average molecular weight is 222 g/mol. The molecule has 0 spiro atoms. The first-order chi connectivity index (χ1) is 7.54. The molecule has 3 nitrogen and oxygen atoms in total. The maximum Gasteiger partial charge on any atom is 0.221 e. The minimum Gasteiger partial charge on any atom is -0.369 e. The second-order valence-electron chi connectivity index (χ2n) is 3.04. The van der Waals surface area contributed by atoms with Crippen LogP contribution in [0.15, 0.2) is 18.2 Å². The summed E-state index contributed by atoms with van der Waals surface area (Å²) in [5, 5.41) is 8.68. The standard InChI is InChI=1S/C11H8F2N2O/c12-9-4-7(2-1-3-11(15)16)8(6-14)5-10(9)13/h1-2,4-5H,3H2,(H2,15,16). The molecule has 0 aliphatic rings. The molecule has 0 bridgehead atoms. The number of halogens is 2. The summed E-state index contributed by atoms with van der Waals surface area (Å²) in [5.74, 6) is -2.67. The molecule has 0 atom stereocenters. The highest BCUT2D eigenvalue weighted by Crippen LogP contribution is 2.15. The Labute approximate surface area is 90.8 Å². The molecule has 0 aromatic heterocycles. The van der Waals surface area contributed by atoms with Crippen molar-refractivity contribution in [2.45, 2.75) is 6.42 Å². The van der Waals surface area contributed by atoms with Crippen molar-refractivity contribution < 1.29 is 13.6 Å². The van der Waals surface area contributed by atoms with E-state index in [2.05, 4.69) is 0 Å². The van der Waals surface area contributed by atoms with Gasteiger partial charge in [0, 0.05) is 6.42 Å². The normalized spacial score (nSPS) is 10.3. The van der Waals surface area contributed by atoms with Gasteiger partial charge in [0.05, 0.1) is 11.6 Å². The van der Waals surface area contributed by atoms with Gasteiger partial charge in [-0.05, 0) is 17.7 Å². The van der Waals surface area contributed by atoms with E-state index in [1.54, 1.807) is 6.07 Å². The Morgan fingerprint density at radius 1 is 1.44 bits per heavy atom. The predicted octanol–water partition coefficient (Wildman–Crippen LogP) is 1.73. The van der Waals surface area contributed by atoms with Gasteiger partial charge in [0.25, 0.3) is 0 Å². The lowest BCUT2D eigenvalue weighted by atomic mass is 10.1. The van der Waals surface area contributed by atoms with Crippen LogP contribution in [0.4, 0.5) is 8.78 Å². The molecule has 0 fully saturated rings. The molecule has 0 aliphatic carbocycles. The van der Waals surface area contributed by atoms with Crippen LogP contribution in [0.5, 0.6) is 0 Å². The Kier molecular flexibility index (Phi) is 3.72. The molecule has 1 rings (SSSR count). The van der Waals surface area contributed by atoms with Crippen LogP contribution in [-0.4, -0.2) is 5.91 Å². The van der Waals surface area contributed by atoms with Gasteiger partial charge in [-0.25, -0.2) is 8.78 Å². The van der Waals surface area contributed by atoms with Crippen LogP contribution in [-0.2, 0) is 4.79 Å². The highest BCUT2D eigenvalue weighted by atomic mass is 19.2. The maximum atomic E-state index is 12.9. The van der Waals surface area contributed by atoms with Crippen LogP contribution in [0, 0.1) is 23.0 Å². The second-order valence-corrected chi connectivity index (χ2v) is 3.04. The summed E-state index contributed by atoms with van der Waals surface area (Å²) in [6, 6.07) is 3.43. The van der Waals surface area contributed by atoms with Crippen LogP contribution in [0.1, 0.15) is 17.5 Å². The number of carbonyl (C=O) groups excluding carboxylic acids is 1. The maximum absolute atomic E-state index is 12.9. The smallest absolute Gasteiger partial charge is 0.221 e. The van der Waals surface area contributed by atoms with Gasteiger partial charge in [-0.3, -0.25) is 4.79 Å². The van der Waals surface area contributed by atoms with Crippen molar-refractivity contribution >= 4 is 12.0 Å². The van der Waals surface area contributed by atoms with Crippen molar-refractivity contribution in [1.29, 1.82) is 5.26 Å². The minimum absolute atomic E-state index is 0.000351. The summed E-state index contributed by atoms with van der Waals surface area (Å²) in [5.41, 5.74) is 5.10. The third kappa shape index (κ3) is 2.89. The van der Waals surface area contributed by atoms with E-state index in [9.17, 15) is 13.6 Å². The zero-order valence-corrected chi connectivity index (χ0v) is 8.21. The molecule has 0 unspecified atom stereocenters. The van der Waals surface area contributed by atoms with Gasteiger partial charge in [0.1, 0.15) is 0 Å². The predicted molar refractivity (Wildman–Crippen MR) is 53.9 cm³/mol. The molecule has 5 heteroatoms. The van der Waals surface area contributed by atoms with E-state index in [4.69, 9.17) is 11.0 Å². The van der Waals surface area contributed by atoms with Crippen LogP contribution in [0.2, 0.25) is 0 Å². The third-order valence-electron chi connectivity index (χ3n) is 1.83. The van der Waals surface area contributed by atoms with Crippen LogP contribution in [0.3, 0.4) is 0 Å². The molecule has 0 heterocycles. The van der Waals surface area contributed by atoms with Crippen molar-refractivity contribution in [3.05, 3.63) is 41.0 Å². The van der Waals surface area contributed by atoms with Crippen LogP contribution < -0.4 is 5.73 Å². The quantitative estimate of drug-likeness (QED) is 0.846. The number of hydrogen-bond acceptors (Lipinski definition) is 2. The SMILES string of the molecule is N#Cc1cc(F)c(F)cc1C=CCC(N)=O. The molecule has 0 aliphatic heterocycles. The largest absolute Gasteiger partial charge is 0.369 e. The molecular weight excluding hydrogens is 214 g/mol. The lowest BCUT2D eigenvalue weighted by Gasteiger charge is -1.99. The molecule has 2 N–H and O–H groups in total. The van der Waals surface area contributed by atoms with Crippen molar-refractivity contribution in [3.8, 4) is 6.07 Å². The Balaban J connectivity index is 3.04. The van der Waals surface area contributed by atoms with E-state index in [-0.39, 0.29) is 17.5 Å². The fraction of sp³-hybridized carbons (Fsp3) is 0.0909.